The van der Waals surface area contributed by atoms with Gasteiger partial charge in [-0.2, -0.15) is 5.10 Å². The number of hydrogen-bond donors (Lipinski definition) is 1. The van der Waals surface area contributed by atoms with Crippen LogP contribution in [0.15, 0.2) is 30.5 Å². The van der Waals surface area contributed by atoms with Gasteiger partial charge in [0.25, 0.3) is 0 Å². The summed E-state index contributed by atoms with van der Waals surface area (Å²) >= 11 is 5.82. The normalized spacial score (nSPS) is 10.9. The molecule has 1 N–H and O–H groups in total. The van der Waals surface area contributed by atoms with E-state index in [0.717, 1.165) is 16.7 Å². The zero-order valence-corrected chi connectivity index (χ0v) is 11.3. The molecule has 19 heavy (non-hydrogen) atoms. The van der Waals surface area contributed by atoms with Crippen LogP contribution in [0.2, 0.25) is 5.28 Å². The van der Waals surface area contributed by atoms with E-state index in [1.165, 1.54) is 5.56 Å². The predicted octanol–water partition coefficient (Wildman–Crippen LogP) is 3.08. The first-order chi connectivity index (χ1) is 9.15. The van der Waals surface area contributed by atoms with Crippen molar-refractivity contribution in [1.29, 1.82) is 0 Å². The van der Waals surface area contributed by atoms with Gasteiger partial charge in [-0.1, -0.05) is 11.6 Å². The van der Waals surface area contributed by atoms with Crippen LogP contribution in [-0.4, -0.2) is 27.2 Å². The quantitative estimate of drug-likeness (QED) is 0.729. The molecule has 2 heterocycles. The third kappa shape index (κ3) is 2.13. The van der Waals surface area contributed by atoms with Gasteiger partial charge in [0.05, 0.1) is 5.52 Å². The lowest BCUT2D eigenvalue weighted by Gasteiger charge is -2.15. The highest BCUT2D eigenvalue weighted by atomic mass is 35.5. The molecule has 0 radical (unpaired) electrons. The molecular formula is C13H12ClN5. The molecule has 0 spiro atoms. The second-order valence-corrected chi connectivity index (χ2v) is 4.68. The summed E-state index contributed by atoms with van der Waals surface area (Å²) in [6.45, 7) is 2.05. The molecule has 0 amide bonds. The van der Waals surface area contributed by atoms with E-state index in [-0.39, 0.29) is 5.28 Å². The van der Waals surface area contributed by atoms with Gasteiger partial charge in [0.2, 0.25) is 5.28 Å². The van der Waals surface area contributed by atoms with Gasteiger partial charge >= 0.3 is 0 Å². The van der Waals surface area contributed by atoms with Crippen molar-refractivity contribution >= 4 is 34.1 Å². The largest absolute Gasteiger partial charge is 0.312 e. The maximum Gasteiger partial charge on any atom is 0.224 e. The summed E-state index contributed by atoms with van der Waals surface area (Å²) in [5.74, 6) is 1.52. The highest BCUT2D eigenvalue weighted by Crippen LogP contribution is 2.28. The first kappa shape index (κ1) is 11.9. The lowest BCUT2D eigenvalue weighted by atomic mass is 10.2. The molecule has 0 fully saturated rings. The third-order valence-electron chi connectivity index (χ3n) is 2.97. The van der Waals surface area contributed by atoms with Gasteiger partial charge in [-0.15, -0.1) is 0 Å². The minimum Gasteiger partial charge on any atom is -0.312 e. The number of nitrogens with one attached hydrogen (secondary N) is 1. The van der Waals surface area contributed by atoms with Crippen molar-refractivity contribution in [2.45, 2.75) is 6.92 Å². The Labute approximate surface area is 115 Å². The monoisotopic (exact) mass is 273 g/mol. The van der Waals surface area contributed by atoms with Gasteiger partial charge in [-0.05, 0) is 36.7 Å². The van der Waals surface area contributed by atoms with Crippen LogP contribution >= 0.6 is 11.6 Å². The molecule has 1 aromatic carbocycles. The Hall–Kier alpha value is -2.14. The zero-order chi connectivity index (χ0) is 13.4. The first-order valence-corrected chi connectivity index (χ1v) is 6.20. The Balaban J connectivity index is 2.11. The molecular weight excluding hydrogens is 262 g/mol. The van der Waals surface area contributed by atoms with E-state index >= 15 is 0 Å². The number of halogens is 1. The van der Waals surface area contributed by atoms with Gasteiger partial charge < -0.3 is 4.90 Å². The molecule has 0 saturated carbocycles. The summed E-state index contributed by atoms with van der Waals surface area (Å²) in [4.78, 5) is 9.94. The summed E-state index contributed by atoms with van der Waals surface area (Å²) in [6.07, 6.45) is 1.63. The number of fused-ring (bicyclic) bond motifs is 1. The molecule has 0 bridgehead atoms. The van der Waals surface area contributed by atoms with Crippen LogP contribution in [0.3, 0.4) is 0 Å². The van der Waals surface area contributed by atoms with Crippen LogP contribution in [-0.2, 0) is 0 Å². The predicted molar refractivity (Wildman–Crippen MR) is 75.9 cm³/mol. The van der Waals surface area contributed by atoms with E-state index in [1.54, 1.807) is 12.3 Å². The standard InChI is InChI=1S/C13H12ClN5/c1-8-3-4-10-9(7-8)12(18-17-10)19(2)11-5-6-15-13(14)16-11/h3-7H,1-2H3,(H,17,18). The van der Waals surface area contributed by atoms with Crippen molar-refractivity contribution in [2.75, 3.05) is 11.9 Å². The minimum atomic E-state index is 0.223. The molecule has 0 aliphatic rings. The molecule has 0 unspecified atom stereocenters. The lowest BCUT2D eigenvalue weighted by molar-refractivity contribution is 1.02. The van der Waals surface area contributed by atoms with E-state index in [2.05, 4.69) is 33.2 Å². The Morgan fingerprint density at radius 2 is 2.11 bits per heavy atom. The number of aryl methyl sites for hydroxylation is 1. The van der Waals surface area contributed by atoms with Crippen LogP contribution in [0.5, 0.6) is 0 Å². The van der Waals surface area contributed by atoms with Crippen molar-refractivity contribution in [1.82, 2.24) is 20.2 Å². The van der Waals surface area contributed by atoms with E-state index < -0.39 is 0 Å². The molecule has 3 rings (SSSR count). The number of H-pyrrole nitrogens is 1. The summed E-state index contributed by atoms with van der Waals surface area (Å²) in [5.41, 5.74) is 2.18. The number of hydrogen-bond acceptors (Lipinski definition) is 4. The fourth-order valence-electron chi connectivity index (χ4n) is 1.99. The van der Waals surface area contributed by atoms with Gasteiger partial charge in [-0.3, -0.25) is 5.10 Å². The number of benzene rings is 1. The fourth-order valence-corrected chi connectivity index (χ4v) is 2.13. The summed E-state index contributed by atoms with van der Waals surface area (Å²) in [5, 5.41) is 8.63. The van der Waals surface area contributed by atoms with Crippen molar-refractivity contribution in [2.24, 2.45) is 0 Å². The second-order valence-electron chi connectivity index (χ2n) is 4.34. The third-order valence-corrected chi connectivity index (χ3v) is 3.15. The number of anilines is 2. The summed E-state index contributed by atoms with van der Waals surface area (Å²) in [6, 6.07) is 7.95. The van der Waals surface area contributed by atoms with E-state index in [9.17, 15) is 0 Å². The number of aromatic nitrogens is 4. The van der Waals surface area contributed by atoms with E-state index in [0.29, 0.717) is 5.82 Å². The van der Waals surface area contributed by atoms with Crippen molar-refractivity contribution < 1.29 is 0 Å². The summed E-state index contributed by atoms with van der Waals surface area (Å²) < 4.78 is 0. The Kier molecular flexibility index (Phi) is 2.83. The van der Waals surface area contributed by atoms with Gasteiger partial charge in [0.15, 0.2) is 5.82 Å². The maximum atomic E-state index is 5.82. The Morgan fingerprint density at radius 3 is 2.89 bits per heavy atom. The fraction of sp³-hybridized carbons (Fsp3) is 0.154. The van der Waals surface area contributed by atoms with Crippen molar-refractivity contribution in [3.63, 3.8) is 0 Å². The average Bonchev–Trinajstić information content (AvgIpc) is 2.80. The molecule has 6 heteroatoms. The zero-order valence-electron chi connectivity index (χ0n) is 10.6. The van der Waals surface area contributed by atoms with Crippen LogP contribution < -0.4 is 4.90 Å². The van der Waals surface area contributed by atoms with Crippen LogP contribution in [0.1, 0.15) is 5.56 Å². The SMILES string of the molecule is Cc1ccc2[nH]nc(N(C)c3ccnc(Cl)n3)c2c1. The number of nitrogens with zero attached hydrogens (tertiary/aromatic N) is 4. The molecule has 2 aromatic heterocycles. The van der Waals surface area contributed by atoms with Crippen molar-refractivity contribution in [3.8, 4) is 0 Å². The van der Waals surface area contributed by atoms with Crippen LogP contribution in [0.25, 0.3) is 10.9 Å². The highest BCUT2D eigenvalue weighted by molar-refractivity contribution is 6.28. The molecule has 96 valence electrons. The molecule has 5 nitrogen and oxygen atoms in total. The molecule has 0 saturated heterocycles. The maximum absolute atomic E-state index is 5.82. The van der Waals surface area contributed by atoms with Crippen molar-refractivity contribution in [3.05, 3.63) is 41.3 Å². The lowest BCUT2D eigenvalue weighted by Crippen LogP contribution is -2.12. The summed E-state index contributed by atoms with van der Waals surface area (Å²) in [7, 11) is 1.90. The first-order valence-electron chi connectivity index (χ1n) is 5.82. The second kappa shape index (κ2) is 4.51. The molecule has 0 aliphatic heterocycles. The van der Waals surface area contributed by atoms with Gasteiger partial charge in [0, 0.05) is 18.6 Å². The molecule has 3 aromatic rings. The minimum absolute atomic E-state index is 0.223. The number of rotatable bonds is 2. The highest BCUT2D eigenvalue weighted by Gasteiger charge is 2.13. The van der Waals surface area contributed by atoms with Crippen LogP contribution in [0.4, 0.5) is 11.6 Å². The number of aromatic amines is 1. The Morgan fingerprint density at radius 1 is 1.26 bits per heavy atom. The smallest absolute Gasteiger partial charge is 0.224 e. The molecule has 0 aliphatic carbocycles. The topological polar surface area (TPSA) is 57.7 Å². The average molecular weight is 274 g/mol. The van der Waals surface area contributed by atoms with E-state index in [4.69, 9.17) is 11.6 Å². The van der Waals surface area contributed by atoms with Gasteiger partial charge in [-0.25, -0.2) is 9.97 Å². The molecule has 0 atom stereocenters. The van der Waals surface area contributed by atoms with Gasteiger partial charge in [0.1, 0.15) is 5.82 Å². The Bertz CT molecular complexity index is 737. The van der Waals surface area contributed by atoms with Crippen LogP contribution in [0, 0.1) is 6.92 Å². The van der Waals surface area contributed by atoms with E-state index in [1.807, 2.05) is 24.1 Å².